The predicted octanol–water partition coefficient (Wildman–Crippen LogP) is 1.88. The molecule has 0 amide bonds. The van der Waals surface area contributed by atoms with Crippen molar-refractivity contribution in [1.29, 1.82) is 0 Å². The molecule has 1 heterocycles. The molecule has 1 fully saturated rings. The van der Waals surface area contributed by atoms with Crippen molar-refractivity contribution in [3.63, 3.8) is 0 Å². The largest absolute Gasteiger partial charge is 0.395 e. The van der Waals surface area contributed by atoms with E-state index in [9.17, 15) is 0 Å². The molecular weight excluding hydrogens is 150 g/mol. The van der Waals surface area contributed by atoms with Crippen LogP contribution < -0.4 is 0 Å². The summed E-state index contributed by atoms with van der Waals surface area (Å²) in [6, 6.07) is 1.10. The number of hydrogen-bond donors (Lipinski definition) is 1. The van der Waals surface area contributed by atoms with Crippen molar-refractivity contribution in [2.75, 3.05) is 13.7 Å². The van der Waals surface area contributed by atoms with E-state index in [1.54, 1.807) is 0 Å². The first-order valence-corrected chi connectivity index (χ1v) is 5.00. The van der Waals surface area contributed by atoms with Crippen molar-refractivity contribution >= 4 is 0 Å². The first-order chi connectivity index (χ1) is 5.67. The van der Waals surface area contributed by atoms with Gasteiger partial charge in [0, 0.05) is 12.1 Å². The minimum absolute atomic E-state index is 0.320. The van der Waals surface area contributed by atoms with Gasteiger partial charge in [0.15, 0.2) is 0 Å². The molecular formula is C10H23NO. The molecule has 0 aliphatic carbocycles. The Balaban J connectivity index is 0.000000354. The lowest BCUT2D eigenvalue weighted by atomic mass is 10.2. The van der Waals surface area contributed by atoms with Crippen LogP contribution >= 0.6 is 0 Å². The molecule has 1 aliphatic rings. The molecule has 0 aromatic carbocycles. The molecule has 0 bridgehead atoms. The van der Waals surface area contributed by atoms with Crippen molar-refractivity contribution in [1.82, 2.24) is 4.90 Å². The zero-order valence-corrected chi connectivity index (χ0v) is 8.88. The van der Waals surface area contributed by atoms with Gasteiger partial charge in [-0.15, -0.1) is 0 Å². The van der Waals surface area contributed by atoms with Gasteiger partial charge in [-0.05, 0) is 26.8 Å². The van der Waals surface area contributed by atoms with E-state index in [0.29, 0.717) is 18.7 Å². The number of rotatable bonds is 1. The summed E-state index contributed by atoms with van der Waals surface area (Å²) in [4.78, 5) is 2.25. The molecule has 2 atom stereocenters. The standard InChI is InChI=1S/C7H15NO.C3H8/c1-6-3-4-7(5-9)8(6)2;1-3-2/h6-7,9H,3-5H2,1-2H3;3H2,1-2H3. The lowest BCUT2D eigenvalue weighted by molar-refractivity contribution is 0.161. The number of aliphatic hydroxyl groups is 1. The van der Waals surface area contributed by atoms with Gasteiger partial charge in [0.05, 0.1) is 6.61 Å². The van der Waals surface area contributed by atoms with Crippen LogP contribution in [-0.4, -0.2) is 35.7 Å². The minimum atomic E-state index is 0.320. The fourth-order valence-electron chi connectivity index (χ4n) is 1.42. The molecule has 0 aromatic heterocycles. The summed E-state index contributed by atoms with van der Waals surface area (Å²) in [5.74, 6) is 0. The van der Waals surface area contributed by atoms with Gasteiger partial charge in [0.25, 0.3) is 0 Å². The highest BCUT2D eigenvalue weighted by Crippen LogP contribution is 2.20. The molecule has 0 radical (unpaired) electrons. The smallest absolute Gasteiger partial charge is 0.0586 e. The molecule has 0 spiro atoms. The van der Waals surface area contributed by atoms with E-state index in [1.165, 1.54) is 12.8 Å². The Bertz CT molecular complexity index is 106. The predicted molar refractivity (Wildman–Crippen MR) is 53.3 cm³/mol. The van der Waals surface area contributed by atoms with Gasteiger partial charge in [-0.1, -0.05) is 20.3 Å². The molecule has 12 heavy (non-hydrogen) atoms. The van der Waals surface area contributed by atoms with E-state index in [1.807, 2.05) is 0 Å². The Kier molecular flexibility index (Phi) is 6.39. The maximum atomic E-state index is 8.81. The first kappa shape index (κ1) is 11.9. The molecule has 2 heteroatoms. The van der Waals surface area contributed by atoms with Gasteiger partial charge in [0.2, 0.25) is 0 Å². The lowest BCUT2D eigenvalue weighted by Gasteiger charge is -2.20. The SMILES string of the molecule is CC1CCC(CO)N1C.CCC. The summed E-state index contributed by atoms with van der Waals surface area (Å²) < 4.78 is 0. The van der Waals surface area contributed by atoms with Crippen LogP contribution in [0.15, 0.2) is 0 Å². The zero-order valence-electron chi connectivity index (χ0n) is 8.88. The van der Waals surface area contributed by atoms with Crippen LogP contribution in [0.1, 0.15) is 40.0 Å². The topological polar surface area (TPSA) is 23.5 Å². The third-order valence-corrected chi connectivity index (χ3v) is 2.40. The van der Waals surface area contributed by atoms with Crippen LogP contribution in [0.3, 0.4) is 0 Å². The van der Waals surface area contributed by atoms with Crippen molar-refractivity contribution in [3.05, 3.63) is 0 Å². The van der Waals surface area contributed by atoms with Gasteiger partial charge in [-0.2, -0.15) is 0 Å². The summed E-state index contributed by atoms with van der Waals surface area (Å²) in [5.41, 5.74) is 0. The number of likely N-dealkylation sites (tertiary alicyclic amines) is 1. The highest BCUT2D eigenvalue weighted by Gasteiger charge is 2.25. The van der Waals surface area contributed by atoms with Gasteiger partial charge < -0.3 is 5.11 Å². The first-order valence-electron chi connectivity index (χ1n) is 5.00. The third-order valence-electron chi connectivity index (χ3n) is 2.40. The Morgan fingerprint density at radius 3 is 2.00 bits per heavy atom. The van der Waals surface area contributed by atoms with Crippen molar-refractivity contribution in [2.45, 2.75) is 52.1 Å². The fourth-order valence-corrected chi connectivity index (χ4v) is 1.42. The van der Waals surface area contributed by atoms with Gasteiger partial charge >= 0.3 is 0 Å². The average Bonchev–Trinajstić information content (AvgIpc) is 2.35. The van der Waals surface area contributed by atoms with Crippen LogP contribution in [0.25, 0.3) is 0 Å². The second kappa shape index (κ2) is 6.44. The molecule has 1 N–H and O–H groups in total. The molecule has 1 saturated heterocycles. The average molecular weight is 173 g/mol. The van der Waals surface area contributed by atoms with Crippen molar-refractivity contribution < 1.29 is 5.11 Å². The molecule has 1 aliphatic heterocycles. The van der Waals surface area contributed by atoms with Crippen LogP contribution in [0.4, 0.5) is 0 Å². The van der Waals surface area contributed by atoms with Crippen molar-refractivity contribution in [2.24, 2.45) is 0 Å². The fraction of sp³-hybridized carbons (Fsp3) is 1.00. The number of aliphatic hydroxyl groups excluding tert-OH is 1. The molecule has 74 valence electrons. The molecule has 0 aromatic rings. The Morgan fingerprint density at radius 1 is 1.33 bits per heavy atom. The second-order valence-corrected chi connectivity index (χ2v) is 3.64. The summed E-state index contributed by atoms with van der Waals surface area (Å²) in [6.07, 6.45) is 3.65. The molecule has 2 unspecified atom stereocenters. The van der Waals surface area contributed by atoms with E-state index in [2.05, 4.69) is 32.7 Å². The van der Waals surface area contributed by atoms with Crippen LogP contribution in [0, 0.1) is 0 Å². The van der Waals surface area contributed by atoms with Gasteiger partial charge in [0.1, 0.15) is 0 Å². The summed E-state index contributed by atoms with van der Waals surface area (Å²) >= 11 is 0. The Hall–Kier alpha value is -0.0800. The van der Waals surface area contributed by atoms with Gasteiger partial charge in [-0.25, -0.2) is 0 Å². The van der Waals surface area contributed by atoms with E-state index in [-0.39, 0.29) is 0 Å². The van der Waals surface area contributed by atoms with Crippen LogP contribution in [-0.2, 0) is 0 Å². The van der Waals surface area contributed by atoms with E-state index < -0.39 is 0 Å². The highest BCUT2D eigenvalue weighted by atomic mass is 16.3. The van der Waals surface area contributed by atoms with Crippen LogP contribution in [0.2, 0.25) is 0 Å². The summed E-state index contributed by atoms with van der Waals surface area (Å²) in [5, 5.41) is 8.81. The molecule has 0 saturated carbocycles. The third kappa shape index (κ3) is 3.55. The number of hydrogen-bond acceptors (Lipinski definition) is 2. The number of likely N-dealkylation sites (N-methyl/N-ethyl adjacent to an activating group) is 1. The molecule has 1 rings (SSSR count). The maximum Gasteiger partial charge on any atom is 0.0586 e. The quantitative estimate of drug-likeness (QED) is 0.654. The van der Waals surface area contributed by atoms with E-state index in [0.717, 1.165) is 6.42 Å². The van der Waals surface area contributed by atoms with Gasteiger partial charge in [-0.3, -0.25) is 4.90 Å². The minimum Gasteiger partial charge on any atom is -0.395 e. The zero-order chi connectivity index (χ0) is 9.56. The summed E-state index contributed by atoms with van der Waals surface area (Å²) in [6.45, 7) is 6.77. The second-order valence-electron chi connectivity index (χ2n) is 3.64. The Labute approximate surface area is 76.6 Å². The van der Waals surface area contributed by atoms with E-state index >= 15 is 0 Å². The van der Waals surface area contributed by atoms with Crippen LogP contribution in [0.5, 0.6) is 0 Å². The van der Waals surface area contributed by atoms with Crippen molar-refractivity contribution in [3.8, 4) is 0 Å². The Morgan fingerprint density at radius 2 is 1.83 bits per heavy atom. The maximum absolute atomic E-state index is 8.81. The monoisotopic (exact) mass is 173 g/mol. The molecule has 2 nitrogen and oxygen atoms in total. The summed E-state index contributed by atoms with van der Waals surface area (Å²) in [7, 11) is 2.08. The normalized spacial score (nSPS) is 29.8. The highest BCUT2D eigenvalue weighted by molar-refractivity contribution is 4.81. The van der Waals surface area contributed by atoms with E-state index in [4.69, 9.17) is 5.11 Å². The number of nitrogens with zero attached hydrogens (tertiary/aromatic N) is 1. The lowest BCUT2D eigenvalue weighted by Crippen LogP contribution is -2.32.